The quantitative estimate of drug-likeness (QED) is 0.833. The molecule has 2 N–H and O–H groups in total. The van der Waals surface area contributed by atoms with Crippen molar-refractivity contribution in [3.05, 3.63) is 11.9 Å². The molecule has 0 aromatic carbocycles. The third kappa shape index (κ3) is 3.14. The van der Waals surface area contributed by atoms with Crippen molar-refractivity contribution in [1.29, 1.82) is 0 Å². The fourth-order valence-electron chi connectivity index (χ4n) is 1.09. The fourth-order valence-corrected chi connectivity index (χ4v) is 1.09. The Labute approximate surface area is 89.7 Å². The van der Waals surface area contributed by atoms with Gasteiger partial charge in [0.25, 0.3) is 0 Å². The van der Waals surface area contributed by atoms with Gasteiger partial charge in [0.15, 0.2) is 0 Å². The van der Waals surface area contributed by atoms with E-state index in [2.05, 4.69) is 10.3 Å². The summed E-state index contributed by atoms with van der Waals surface area (Å²) < 4.78 is 1.95. The van der Waals surface area contributed by atoms with Crippen LogP contribution in [0.25, 0.3) is 0 Å². The van der Waals surface area contributed by atoms with E-state index in [0.717, 1.165) is 12.1 Å². The van der Waals surface area contributed by atoms with Gasteiger partial charge in [0.2, 0.25) is 0 Å². The molecule has 0 amide bonds. The molecule has 1 aliphatic rings. The lowest BCUT2D eigenvalue weighted by molar-refractivity contribution is 0.610. The van der Waals surface area contributed by atoms with E-state index in [9.17, 15) is 0 Å². The van der Waals surface area contributed by atoms with Crippen molar-refractivity contribution in [1.82, 2.24) is 15.0 Å². The minimum atomic E-state index is 0. The highest BCUT2D eigenvalue weighted by molar-refractivity contribution is 5.85. The summed E-state index contributed by atoms with van der Waals surface area (Å²) in [6, 6.07) is 0.633. The number of halogens is 2. The molecule has 13 heavy (non-hydrogen) atoms. The lowest BCUT2D eigenvalue weighted by Gasteiger charge is -1.90. The first-order valence-corrected chi connectivity index (χ1v) is 4.01. The van der Waals surface area contributed by atoms with Gasteiger partial charge >= 0.3 is 0 Å². The first-order valence-electron chi connectivity index (χ1n) is 4.01. The van der Waals surface area contributed by atoms with E-state index in [1.165, 1.54) is 12.8 Å². The molecule has 0 spiro atoms. The molecule has 1 aromatic heterocycles. The number of aromatic nitrogens is 3. The van der Waals surface area contributed by atoms with E-state index in [4.69, 9.17) is 5.73 Å². The summed E-state index contributed by atoms with van der Waals surface area (Å²) in [4.78, 5) is 0. The molecule has 0 radical (unpaired) electrons. The van der Waals surface area contributed by atoms with Crippen LogP contribution in [-0.4, -0.2) is 21.5 Å². The summed E-state index contributed by atoms with van der Waals surface area (Å²) in [7, 11) is 0. The Kier molecular flexibility index (Phi) is 5.29. The summed E-state index contributed by atoms with van der Waals surface area (Å²) in [5, 5.41) is 8.01. The molecule has 6 heteroatoms. The van der Waals surface area contributed by atoms with Crippen LogP contribution in [0, 0.1) is 0 Å². The third-order valence-corrected chi connectivity index (χ3v) is 1.88. The molecule has 0 atom stereocenters. The Morgan fingerprint density at radius 3 is 2.69 bits per heavy atom. The SMILES string of the molecule is Cl.Cl.NCCc1cn(C2CC2)nn1. The van der Waals surface area contributed by atoms with Gasteiger partial charge in [-0.2, -0.15) is 0 Å². The van der Waals surface area contributed by atoms with Gasteiger partial charge in [0, 0.05) is 12.6 Å². The second-order valence-corrected chi connectivity index (χ2v) is 2.96. The molecule has 1 aliphatic carbocycles. The van der Waals surface area contributed by atoms with Crippen molar-refractivity contribution in [3.8, 4) is 0 Å². The largest absolute Gasteiger partial charge is 0.330 e. The third-order valence-electron chi connectivity index (χ3n) is 1.88. The van der Waals surface area contributed by atoms with Crippen molar-refractivity contribution in [2.24, 2.45) is 5.73 Å². The number of rotatable bonds is 3. The predicted molar refractivity (Wildman–Crippen MR) is 55.5 cm³/mol. The predicted octanol–water partition coefficient (Wildman–Crippen LogP) is 0.958. The minimum Gasteiger partial charge on any atom is -0.330 e. The van der Waals surface area contributed by atoms with Crippen LogP contribution in [0.3, 0.4) is 0 Å². The van der Waals surface area contributed by atoms with Crippen molar-refractivity contribution in [2.45, 2.75) is 25.3 Å². The molecular formula is C7H14Cl2N4. The highest BCUT2D eigenvalue weighted by Gasteiger charge is 2.24. The molecule has 0 bridgehead atoms. The Hall–Kier alpha value is -0.320. The second kappa shape index (κ2) is 5.42. The first kappa shape index (κ1) is 12.7. The number of nitrogens with zero attached hydrogens (tertiary/aromatic N) is 3. The Morgan fingerprint density at radius 1 is 1.46 bits per heavy atom. The van der Waals surface area contributed by atoms with Gasteiger partial charge in [-0.25, -0.2) is 4.68 Å². The van der Waals surface area contributed by atoms with E-state index < -0.39 is 0 Å². The Bertz CT molecular complexity index is 246. The maximum atomic E-state index is 5.38. The molecule has 1 fully saturated rings. The summed E-state index contributed by atoms with van der Waals surface area (Å²) in [6.07, 6.45) is 5.36. The molecule has 1 saturated carbocycles. The average molecular weight is 225 g/mol. The molecule has 4 nitrogen and oxygen atoms in total. The van der Waals surface area contributed by atoms with Gasteiger partial charge in [-0.05, 0) is 19.4 Å². The van der Waals surface area contributed by atoms with Gasteiger partial charge in [0.05, 0.1) is 11.7 Å². The van der Waals surface area contributed by atoms with Crippen LogP contribution in [0.15, 0.2) is 6.20 Å². The topological polar surface area (TPSA) is 56.7 Å². The van der Waals surface area contributed by atoms with E-state index in [1.54, 1.807) is 0 Å². The first-order chi connectivity index (χ1) is 5.40. The van der Waals surface area contributed by atoms with E-state index >= 15 is 0 Å². The highest BCUT2D eigenvalue weighted by atomic mass is 35.5. The van der Waals surface area contributed by atoms with Gasteiger partial charge in [-0.3, -0.25) is 0 Å². The molecule has 1 aromatic rings. The van der Waals surface area contributed by atoms with Gasteiger partial charge < -0.3 is 5.73 Å². The Balaban J connectivity index is 0.000000720. The zero-order valence-corrected chi connectivity index (χ0v) is 8.85. The number of hydrogen-bond acceptors (Lipinski definition) is 3. The maximum Gasteiger partial charge on any atom is 0.0839 e. The monoisotopic (exact) mass is 224 g/mol. The molecule has 0 aliphatic heterocycles. The zero-order chi connectivity index (χ0) is 7.68. The van der Waals surface area contributed by atoms with Crippen molar-refractivity contribution in [3.63, 3.8) is 0 Å². The Morgan fingerprint density at radius 2 is 2.15 bits per heavy atom. The van der Waals surface area contributed by atoms with Gasteiger partial charge in [0.1, 0.15) is 0 Å². The zero-order valence-electron chi connectivity index (χ0n) is 7.22. The molecular weight excluding hydrogens is 211 g/mol. The maximum absolute atomic E-state index is 5.38. The van der Waals surface area contributed by atoms with Crippen LogP contribution in [-0.2, 0) is 6.42 Å². The lowest BCUT2D eigenvalue weighted by atomic mass is 10.3. The smallest absolute Gasteiger partial charge is 0.0839 e. The van der Waals surface area contributed by atoms with Gasteiger partial charge in [-0.1, -0.05) is 5.21 Å². The molecule has 2 rings (SSSR count). The average Bonchev–Trinajstić information content (AvgIpc) is 2.75. The molecule has 0 unspecified atom stereocenters. The molecule has 0 saturated heterocycles. The van der Waals surface area contributed by atoms with Gasteiger partial charge in [-0.15, -0.1) is 29.9 Å². The lowest BCUT2D eigenvalue weighted by Crippen LogP contribution is -2.02. The standard InChI is InChI=1S/C7H12N4.2ClH/c8-4-3-6-5-11(10-9-6)7-1-2-7;;/h5,7H,1-4,8H2;2*1H. The van der Waals surface area contributed by atoms with Crippen LogP contribution in [0.2, 0.25) is 0 Å². The van der Waals surface area contributed by atoms with Crippen molar-refractivity contribution < 1.29 is 0 Å². The van der Waals surface area contributed by atoms with Crippen molar-refractivity contribution in [2.75, 3.05) is 6.54 Å². The second-order valence-electron chi connectivity index (χ2n) is 2.96. The number of hydrogen-bond donors (Lipinski definition) is 1. The van der Waals surface area contributed by atoms with Crippen LogP contribution in [0.4, 0.5) is 0 Å². The van der Waals surface area contributed by atoms with E-state index in [-0.39, 0.29) is 24.8 Å². The highest BCUT2D eigenvalue weighted by Crippen LogP contribution is 2.33. The van der Waals surface area contributed by atoms with Crippen LogP contribution < -0.4 is 5.73 Å². The normalized spacial score (nSPS) is 14.5. The molecule has 76 valence electrons. The summed E-state index contributed by atoms with van der Waals surface area (Å²) >= 11 is 0. The van der Waals surface area contributed by atoms with E-state index in [0.29, 0.717) is 12.6 Å². The van der Waals surface area contributed by atoms with E-state index in [1.807, 2.05) is 10.9 Å². The summed E-state index contributed by atoms with van der Waals surface area (Å²) in [6.45, 7) is 0.656. The minimum absolute atomic E-state index is 0. The fraction of sp³-hybridized carbons (Fsp3) is 0.714. The number of nitrogens with two attached hydrogens (primary N) is 1. The summed E-state index contributed by atoms with van der Waals surface area (Å²) in [5.41, 5.74) is 6.40. The van der Waals surface area contributed by atoms with Crippen LogP contribution in [0.1, 0.15) is 24.6 Å². The van der Waals surface area contributed by atoms with Crippen molar-refractivity contribution >= 4 is 24.8 Å². The van der Waals surface area contributed by atoms with Crippen LogP contribution >= 0.6 is 24.8 Å². The van der Waals surface area contributed by atoms with Crippen LogP contribution in [0.5, 0.6) is 0 Å². The summed E-state index contributed by atoms with van der Waals surface area (Å²) in [5.74, 6) is 0. The molecule has 1 heterocycles.